The number of hydrogen-bond donors (Lipinski definition) is 1. The summed E-state index contributed by atoms with van der Waals surface area (Å²) in [5.41, 5.74) is 2.95. The second kappa shape index (κ2) is 5.01. The van der Waals surface area contributed by atoms with E-state index in [1.807, 2.05) is 20.0 Å². The highest BCUT2D eigenvalue weighted by Gasteiger charge is 2.14. The first-order chi connectivity index (χ1) is 8.22. The van der Waals surface area contributed by atoms with Crippen LogP contribution in [0.4, 0.5) is 4.39 Å². The van der Waals surface area contributed by atoms with Crippen molar-refractivity contribution in [3.05, 3.63) is 59.4 Å². The number of aromatic nitrogens is 2. The van der Waals surface area contributed by atoms with Gasteiger partial charge >= 0.3 is 0 Å². The largest absolute Gasteiger partial charge is 0.309 e. The van der Waals surface area contributed by atoms with Crippen molar-refractivity contribution in [1.29, 1.82) is 0 Å². The van der Waals surface area contributed by atoms with Crippen LogP contribution in [0.5, 0.6) is 0 Å². The Hall–Kier alpha value is -1.81. The van der Waals surface area contributed by atoms with Crippen molar-refractivity contribution >= 4 is 0 Å². The summed E-state index contributed by atoms with van der Waals surface area (Å²) in [4.78, 5) is 7.93. The van der Waals surface area contributed by atoms with Crippen molar-refractivity contribution in [3.63, 3.8) is 0 Å². The van der Waals surface area contributed by atoms with Crippen LogP contribution in [0.2, 0.25) is 0 Å². The Labute approximate surface area is 99.7 Å². The average molecular weight is 231 g/mol. The Kier molecular flexibility index (Phi) is 3.44. The van der Waals surface area contributed by atoms with Gasteiger partial charge in [0.2, 0.25) is 0 Å². The molecular formula is C13H14FN3. The van der Waals surface area contributed by atoms with Crippen LogP contribution >= 0.6 is 0 Å². The standard InChI is InChI=1S/C13H14FN3/c1-9-6-16-4-3-12(9)13(15-2)10-5-11(14)8-17-7-10/h3-8,13,15H,1-2H3. The minimum absolute atomic E-state index is 0.0683. The van der Waals surface area contributed by atoms with Gasteiger partial charge in [-0.05, 0) is 42.8 Å². The molecule has 2 aromatic rings. The van der Waals surface area contributed by atoms with Crippen molar-refractivity contribution in [2.24, 2.45) is 0 Å². The van der Waals surface area contributed by atoms with Crippen LogP contribution in [0.3, 0.4) is 0 Å². The molecule has 0 fully saturated rings. The summed E-state index contributed by atoms with van der Waals surface area (Å²) in [5.74, 6) is -0.325. The van der Waals surface area contributed by atoms with E-state index < -0.39 is 0 Å². The van der Waals surface area contributed by atoms with Crippen molar-refractivity contribution in [1.82, 2.24) is 15.3 Å². The van der Waals surface area contributed by atoms with Gasteiger partial charge in [-0.25, -0.2) is 4.39 Å². The molecule has 0 aromatic carbocycles. The SMILES string of the molecule is CNC(c1cncc(F)c1)c1ccncc1C. The van der Waals surface area contributed by atoms with Crippen LogP contribution in [0.1, 0.15) is 22.7 Å². The van der Waals surface area contributed by atoms with Gasteiger partial charge in [0.1, 0.15) is 5.82 Å². The number of halogens is 1. The molecular weight excluding hydrogens is 217 g/mol. The summed E-state index contributed by atoms with van der Waals surface area (Å²) in [7, 11) is 1.84. The third-order valence-electron chi connectivity index (χ3n) is 2.72. The average Bonchev–Trinajstić information content (AvgIpc) is 2.33. The van der Waals surface area contributed by atoms with E-state index in [0.717, 1.165) is 16.7 Å². The Balaban J connectivity index is 2.44. The molecule has 2 aromatic heterocycles. The molecule has 0 bridgehead atoms. The van der Waals surface area contributed by atoms with Gasteiger partial charge in [0.05, 0.1) is 12.2 Å². The fraction of sp³-hybridized carbons (Fsp3) is 0.231. The molecule has 0 radical (unpaired) electrons. The first-order valence-electron chi connectivity index (χ1n) is 5.40. The Bertz CT molecular complexity index is 514. The van der Waals surface area contributed by atoms with Crippen molar-refractivity contribution < 1.29 is 4.39 Å². The zero-order valence-electron chi connectivity index (χ0n) is 9.81. The number of nitrogens with one attached hydrogen (secondary N) is 1. The molecule has 4 heteroatoms. The summed E-state index contributed by atoms with van der Waals surface area (Å²) >= 11 is 0. The smallest absolute Gasteiger partial charge is 0.141 e. The summed E-state index contributed by atoms with van der Waals surface area (Å²) in [6.07, 6.45) is 6.41. The molecule has 0 aliphatic rings. The quantitative estimate of drug-likeness (QED) is 0.880. The van der Waals surface area contributed by atoms with Gasteiger partial charge in [0.25, 0.3) is 0 Å². The summed E-state index contributed by atoms with van der Waals surface area (Å²) in [6.45, 7) is 1.99. The second-order valence-electron chi connectivity index (χ2n) is 3.89. The second-order valence-corrected chi connectivity index (χ2v) is 3.89. The molecule has 1 atom stereocenters. The van der Waals surface area contributed by atoms with E-state index in [1.54, 1.807) is 18.6 Å². The van der Waals surface area contributed by atoms with E-state index in [0.29, 0.717) is 0 Å². The number of nitrogens with zero attached hydrogens (tertiary/aromatic N) is 2. The van der Waals surface area contributed by atoms with E-state index in [2.05, 4.69) is 15.3 Å². The zero-order chi connectivity index (χ0) is 12.3. The Morgan fingerprint density at radius 3 is 2.71 bits per heavy atom. The van der Waals surface area contributed by atoms with Crippen molar-refractivity contribution in [3.8, 4) is 0 Å². The molecule has 3 nitrogen and oxygen atoms in total. The molecule has 0 aliphatic heterocycles. The number of hydrogen-bond acceptors (Lipinski definition) is 3. The molecule has 17 heavy (non-hydrogen) atoms. The van der Waals surface area contributed by atoms with Crippen molar-refractivity contribution in [2.75, 3.05) is 7.05 Å². The van der Waals surface area contributed by atoms with Gasteiger partial charge in [0.15, 0.2) is 0 Å². The zero-order valence-corrected chi connectivity index (χ0v) is 9.81. The Morgan fingerprint density at radius 1 is 1.24 bits per heavy atom. The van der Waals surface area contributed by atoms with Crippen LogP contribution in [0.25, 0.3) is 0 Å². The lowest BCUT2D eigenvalue weighted by Gasteiger charge is -2.18. The number of rotatable bonds is 3. The number of pyridine rings is 2. The predicted molar refractivity (Wildman–Crippen MR) is 64.1 cm³/mol. The summed E-state index contributed by atoms with van der Waals surface area (Å²) in [5, 5.41) is 3.17. The van der Waals surface area contributed by atoms with Gasteiger partial charge in [-0.2, -0.15) is 0 Å². The normalized spacial score (nSPS) is 12.4. The molecule has 0 aliphatic carbocycles. The molecule has 2 heterocycles. The predicted octanol–water partition coefficient (Wildman–Crippen LogP) is 2.23. The molecule has 88 valence electrons. The lowest BCUT2D eigenvalue weighted by atomic mass is 9.98. The highest BCUT2D eigenvalue weighted by molar-refractivity contribution is 5.33. The van der Waals surface area contributed by atoms with Crippen LogP contribution < -0.4 is 5.32 Å². The first-order valence-corrected chi connectivity index (χ1v) is 5.40. The van der Waals surface area contributed by atoms with E-state index >= 15 is 0 Å². The third-order valence-corrected chi connectivity index (χ3v) is 2.72. The third kappa shape index (κ3) is 2.47. The van der Waals surface area contributed by atoms with Gasteiger partial charge < -0.3 is 5.32 Å². The summed E-state index contributed by atoms with van der Waals surface area (Å²) in [6, 6.07) is 3.36. The summed E-state index contributed by atoms with van der Waals surface area (Å²) < 4.78 is 13.2. The van der Waals surface area contributed by atoms with Gasteiger partial charge in [0, 0.05) is 18.6 Å². The van der Waals surface area contributed by atoms with Crippen LogP contribution in [0, 0.1) is 12.7 Å². The maximum atomic E-state index is 13.2. The molecule has 0 saturated heterocycles. The van der Waals surface area contributed by atoms with E-state index in [4.69, 9.17) is 0 Å². The fourth-order valence-corrected chi connectivity index (χ4v) is 1.90. The molecule has 1 unspecified atom stereocenters. The van der Waals surface area contributed by atoms with Gasteiger partial charge in [-0.1, -0.05) is 0 Å². The number of aryl methyl sites for hydroxylation is 1. The van der Waals surface area contributed by atoms with E-state index in [-0.39, 0.29) is 11.9 Å². The molecule has 0 amide bonds. The van der Waals surface area contributed by atoms with E-state index in [1.165, 1.54) is 12.3 Å². The maximum absolute atomic E-state index is 13.2. The maximum Gasteiger partial charge on any atom is 0.141 e. The van der Waals surface area contributed by atoms with Crippen LogP contribution in [-0.2, 0) is 0 Å². The highest BCUT2D eigenvalue weighted by atomic mass is 19.1. The first kappa shape index (κ1) is 11.7. The molecule has 0 saturated carbocycles. The molecule has 2 rings (SSSR count). The van der Waals surface area contributed by atoms with Crippen LogP contribution in [-0.4, -0.2) is 17.0 Å². The van der Waals surface area contributed by atoms with Crippen molar-refractivity contribution in [2.45, 2.75) is 13.0 Å². The Morgan fingerprint density at radius 2 is 2.06 bits per heavy atom. The topological polar surface area (TPSA) is 37.8 Å². The lowest BCUT2D eigenvalue weighted by molar-refractivity contribution is 0.608. The molecule has 1 N–H and O–H groups in total. The highest BCUT2D eigenvalue weighted by Crippen LogP contribution is 2.23. The minimum Gasteiger partial charge on any atom is -0.309 e. The van der Waals surface area contributed by atoms with Crippen LogP contribution in [0.15, 0.2) is 36.9 Å². The van der Waals surface area contributed by atoms with Gasteiger partial charge in [-0.3, -0.25) is 9.97 Å². The minimum atomic E-state index is -0.325. The monoisotopic (exact) mass is 231 g/mol. The molecule has 0 spiro atoms. The lowest BCUT2D eigenvalue weighted by Crippen LogP contribution is -2.19. The fourth-order valence-electron chi connectivity index (χ4n) is 1.90. The van der Waals surface area contributed by atoms with Gasteiger partial charge in [-0.15, -0.1) is 0 Å². The van der Waals surface area contributed by atoms with E-state index in [9.17, 15) is 4.39 Å².